The van der Waals surface area contributed by atoms with Gasteiger partial charge in [-0.3, -0.25) is 4.79 Å². The lowest BCUT2D eigenvalue weighted by molar-refractivity contribution is -0.136. The molecule has 3 heterocycles. The van der Waals surface area contributed by atoms with Gasteiger partial charge >= 0.3 is 0 Å². The minimum atomic E-state index is 0.0604. The number of rotatable bonds is 4. The van der Waals surface area contributed by atoms with Crippen LogP contribution in [-0.2, 0) is 4.79 Å². The molecule has 0 radical (unpaired) electrons. The number of likely N-dealkylation sites (tertiary alicyclic amines) is 1. The van der Waals surface area contributed by atoms with Crippen LogP contribution >= 0.6 is 0 Å². The van der Waals surface area contributed by atoms with Crippen LogP contribution in [0.3, 0.4) is 0 Å². The van der Waals surface area contributed by atoms with Crippen molar-refractivity contribution in [1.29, 1.82) is 0 Å². The summed E-state index contributed by atoms with van der Waals surface area (Å²) in [5, 5.41) is 3.31. The summed E-state index contributed by atoms with van der Waals surface area (Å²) in [4.78, 5) is 28.6. The molecule has 1 atom stereocenters. The van der Waals surface area contributed by atoms with Crippen molar-refractivity contribution in [3.05, 3.63) is 41.5 Å². The van der Waals surface area contributed by atoms with Crippen LogP contribution in [0.2, 0.25) is 0 Å². The van der Waals surface area contributed by atoms with Gasteiger partial charge in [0.15, 0.2) is 0 Å². The normalized spacial score (nSPS) is 20.2. The molecule has 1 saturated heterocycles. The van der Waals surface area contributed by atoms with E-state index in [0.717, 1.165) is 55.1 Å². The molecule has 0 aromatic carbocycles. The van der Waals surface area contributed by atoms with Crippen molar-refractivity contribution < 1.29 is 4.79 Å². The second kappa shape index (κ2) is 7.62. The van der Waals surface area contributed by atoms with Gasteiger partial charge in [0.1, 0.15) is 17.5 Å². The molecule has 1 aliphatic heterocycles. The Kier molecular flexibility index (Phi) is 5.05. The van der Waals surface area contributed by atoms with E-state index in [2.05, 4.69) is 25.2 Å². The molecule has 1 aliphatic carbocycles. The van der Waals surface area contributed by atoms with E-state index in [1.165, 1.54) is 12.8 Å². The van der Waals surface area contributed by atoms with E-state index in [1.54, 1.807) is 6.20 Å². The molecule has 2 aromatic heterocycles. The van der Waals surface area contributed by atoms with Gasteiger partial charge in [0.05, 0.1) is 11.7 Å². The van der Waals surface area contributed by atoms with Crippen LogP contribution < -0.4 is 5.32 Å². The van der Waals surface area contributed by atoms with E-state index in [9.17, 15) is 4.79 Å². The van der Waals surface area contributed by atoms with Crippen molar-refractivity contribution >= 4 is 17.5 Å². The number of hydrogen-bond donors (Lipinski definition) is 1. The summed E-state index contributed by atoms with van der Waals surface area (Å²) in [6.07, 6.45) is 8.21. The van der Waals surface area contributed by atoms with E-state index in [0.29, 0.717) is 11.7 Å². The van der Waals surface area contributed by atoms with Crippen LogP contribution in [0.4, 0.5) is 11.6 Å². The zero-order chi connectivity index (χ0) is 18.8. The van der Waals surface area contributed by atoms with Gasteiger partial charge in [-0.15, -0.1) is 0 Å². The highest BCUT2D eigenvalue weighted by molar-refractivity contribution is 5.80. The van der Waals surface area contributed by atoms with E-state index in [1.807, 2.05) is 32.0 Å². The lowest BCUT2D eigenvalue weighted by Gasteiger charge is -2.27. The number of amides is 1. The Morgan fingerprint density at radius 1 is 1.15 bits per heavy atom. The molecule has 4 rings (SSSR count). The molecule has 6 heteroatoms. The highest BCUT2D eigenvalue weighted by atomic mass is 16.2. The van der Waals surface area contributed by atoms with Gasteiger partial charge in [-0.1, -0.05) is 18.9 Å². The fourth-order valence-electron chi connectivity index (χ4n) is 4.31. The first kappa shape index (κ1) is 17.9. The molecule has 1 amide bonds. The quantitative estimate of drug-likeness (QED) is 0.884. The third kappa shape index (κ3) is 3.80. The van der Waals surface area contributed by atoms with Crippen LogP contribution in [0.5, 0.6) is 0 Å². The minimum absolute atomic E-state index is 0.0604. The summed E-state index contributed by atoms with van der Waals surface area (Å²) >= 11 is 0. The monoisotopic (exact) mass is 365 g/mol. The summed E-state index contributed by atoms with van der Waals surface area (Å²) in [6, 6.07) is 5.97. The van der Waals surface area contributed by atoms with Crippen LogP contribution in [0.1, 0.15) is 61.6 Å². The highest BCUT2D eigenvalue weighted by Crippen LogP contribution is 2.36. The third-order valence-corrected chi connectivity index (χ3v) is 5.70. The molecule has 2 fully saturated rings. The molecule has 6 nitrogen and oxygen atoms in total. The fraction of sp³-hybridized carbons (Fsp3) is 0.524. The summed E-state index contributed by atoms with van der Waals surface area (Å²) in [5.41, 5.74) is 2.00. The number of anilines is 2. The maximum Gasteiger partial charge on any atom is 0.226 e. The van der Waals surface area contributed by atoms with E-state index in [-0.39, 0.29) is 12.0 Å². The van der Waals surface area contributed by atoms with Gasteiger partial charge in [0.25, 0.3) is 0 Å². The first-order valence-corrected chi connectivity index (χ1v) is 9.96. The van der Waals surface area contributed by atoms with Crippen molar-refractivity contribution in [3.8, 4) is 0 Å². The Bertz CT molecular complexity index is 831. The fourth-order valence-corrected chi connectivity index (χ4v) is 4.31. The standard InChI is InChI=1S/C21H27N5O/c1-14-7-5-11-22-20(14)25-19-13-17(23-15(2)24-19)18-10-6-12-26(18)21(27)16-8-3-4-9-16/h5,7,11,13,16,18H,3-4,6,8-10,12H2,1-2H3,(H,22,23,24,25)/t18-/m1/s1. The molecule has 27 heavy (non-hydrogen) atoms. The number of nitrogens with one attached hydrogen (secondary N) is 1. The summed E-state index contributed by atoms with van der Waals surface area (Å²) < 4.78 is 0. The first-order chi connectivity index (χ1) is 13.1. The molecule has 142 valence electrons. The van der Waals surface area contributed by atoms with Crippen LogP contribution in [-0.4, -0.2) is 32.3 Å². The lowest BCUT2D eigenvalue weighted by Crippen LogP contribution is -2.35. The van der Waals surface area contributed by atoms with Crippen molar-refractivity contribution in [2.75, 3.05) is 11.9 Å². The molecular formula is C21H27N5O. The number of nitrogens with zero attached hydrogens (tertiary/aromatic N) is 4. The Morgan fingerprint density at radius 2 is 1.96 bits per heavy atom. The molecular weight excluding hydrogens is 338 g/mol. The third-order valence-electron chi connectivity index (χ3n) is 5.70. The predicted molar refractivity (Wildman–Crippen MR) is 105 cm³/mol. The van der Waals surface area contributed by atoms with Crippen molar-refractivity contribution in [2.24, 2.45) is 5.92 Å². The second-order valence-corrected chi connectivity index (χ2v) is 7.69. The number of hydrogen-bond acceptors (Lipinski definition) is 5. The Labute approximate surface area is 160 Å². The van der Waals surface area contributed by atoms with Crippen LogP contribution in [0, 0.1) is 19.8 Å². The maximum atomic E-state index is 13.0. The molecule has 0 spiro atoms. The van der Waals surface area contributed by atoms with Crippen LogP contribution in [0.15, 0.2) is 24.4 Å². The smallest absolute Gasteiger partial charge is 0.226 e. The average molecular weight is 365 g/mol. The second-order valence-electron chi connectivity index (χ2n) is 7.69. The van der Waals surface area contributed by atoms with E-state index >= 15 is 0 Å². The number of aromatic nitrogens is 3. The van der Waals surface area contributed by atoms with Crippen LogP contribution in [0.25, 0.3) is 0 Å². The Hall–Kier alpha value is -2.50. The largest absolute Gasteiger partial charge is 0.334 e. The van der Waals surface area contributed by atoms with Crippen molar-refractivity contribution in [1.82, 2.24) is 19.9 Å². The summed E-state index contributed by atoms with van der Waals surface area (Å²) in [7, 11) is 0. The average Bonchev–Trinajstić information content (AvgIpc) is 3.35. The van der Waals surface area contributed by atoms with Gasteiger partial charge in [-0.2, -0.15) is 0 Å². The molecule has 1 N–H and O–H groups in total. The minimum Gasteiger partial charge on any atom is -0.334 e. The van der Waals surface area contributed by atoms with Gasteiger partial charge < -0.3 is 10.2 Å². The predicted octanol–water partition coefficient (Wildman–Crippen LogP) is 4.09. The van der Waals surface area contributed by atoms with E-state index in [4.69, 9.17) is 0 Å². The topological polar surface area (TPSA) is 71.0 Å². The molecule has 0 bridgehead atoms. The Morgan fingerprint density at radius 3 is 2.74 bits per heavy atom. The molecule has 0 unspecified atom stereocenters. The van der Waals surface area contributed by atoms with Gasteiger partial charge in [-0.25, -0.2) is 15.0 Å². The SMILES string of the molecule is Cc1nc(Nc2ncccc2C)cc([C@H]2CCCN2C(=O)C2CCCC2)n1. The van der Waals surface area contributed by atoms with Crippen molar-refractivity contribution in [3.63, 3.8) is 0 Å². The number of carbonyl (C=O) groups is 1. The zero-order valence-electron chi connectivity index (χ0n) is 16.1. The maximum absolute atomic E-state index is 13.0. The molecule has 2 aliphatic rings. The lowest BCUT2D eigenvalue weighted by atomic mass is 10.0. The Balaban J connectivity index is 1.58. The van der Waals surface area contributed by atoms with Gasteiger partial charge in [0, 0.05) is 24.7 Å². The number of aryl methyl sites for hydroxylation is 2. The van der Waals surface area contributed by atoms with Crippen molar-refractivity contribution in [2.45, 2.75) is 58.4 Å². The summed E-state index contributed by atoms with van der Waals surface area (Å²) in [6.45, 7) is 4.76. The van der Waals surface area contributed by atoms with Gasteiger partial charge in [-0.05, 0) is 51.2 Å². The zero-order valence-corrected chi connectivity index (χ0v) is 16.1. The van der Waals surface area contributed by atoms with E-state index < -0.39 is 0 Å². The first-order valence-electron chi connectivity index (χ1n) is 9.96. The van der Waals surface area contributed by atoms with Gasteiger partial charge in [0.2, 0.25) is 5.91 Å². The highest BCUT2D eigenvalue weighted by Gasteiger charge is 2.35. The number of carbonyl (C=O) groups excluding carboxylic acids is 1. The summed E-state index contributed by atoms with van der Waals surface area (Å²) in [5.74, 6) is 2.78. The molecule has 2 aromatic rings. The number of pyridine rings is 1. The molecule has 1 saturated carbocycles.